The average Bonchev–Trinajstić information content (AvgIpc) is 3.08. The van der Waals surface area contributed by atoms with Gasteiger partial charge in [-0.25, -0.2) is 0 Å². The maximum Gasteiger partial charge on any atom is 0.254 e. The fourth-order valence-electron chi connectivity index (χ4n) is 2.75. The second-order valence-electron chi connectivity index (χ2n) is 4.90. The van der Waals surface area contributed by atoms with Gasteiger partial charge in [0.05, 0.1) is 14.2 Å². The van der Waals surface area contributed by atoms with Crippen LogP contribution in [0.3, 0.4) is 0 Å². The first-order chi connectivity index (χ1) is 9.21. The van der Waals surface area contributed by atoms with Gasteiger partial charge < -0.3 is 14.4 Å². The normalized spacial score (nSPS) is 24.6. The average molecular weight is 279 g/mol. The summed E-state index contributed by atoms with van der Waals surface area (Å²) in [5.41, 5.74) is 0.647. The Hall–Kier alpha value is -1.36. The number of hydrogen-bond acceptors (Lipinski definition) is 4. The predicted molar refractivity (Wildman–Crippen MR) is 75.2 cm³/mol. The smallest absolute Gasteiger partial charge is 0.254 e. The third-order valence-corrected chi connectivity index (χ3v) is 5.15. The lowest BCUT2D eigenvalue weighted by molar-refractivity contribution is 0.0747. The highest BCUT2D eigenvalue weighted by molar-refractivity contribution is 8.00. The zero-order valence-corrected chi connectivity index (χ0v) is 11.9. The molecular weight excluding hydrogens is 262 g/mol. The second-order valence-corrected chi connectivity index (χ2v) is 6.24. The molecule has 2 fully saturated rings. The van der Waals surface area contributed by atoms with Gasteiger partial charge in [-0.3, -0.25) is 4.79 Å². The van der Waals surface area contributed by atoms with E-state index >= 15 is 0 Å². The summed E-state index contributed by atoms with van der Waals surface area (Å²) in [4.78, 5) is 14.6. The molecular formula is C14H17NO3S. The van der Waals surface area contributed by atoms with Crippen LogP contribution < -0.4 is 9.47 Å². The van der Waals surface area contributed by atoms with Crippen LogP contribution in [-0.2, 0) is 0 Å². The molecule has 19 heavy (non-hydrogen) atoms. The Morgan fingerprint density at radius 1 is 1.26 bits per heavy atom. The molecule has 1 amide bonds. The summed E-state index contributed by atoms with van der Waals surface area (Å²) in [6.07, 6.45) is 1.14. The van der Waals surface area contributed by atoms with Crippen LogP contribution in [0.2, 0.25) is 0 Å². The van der Waals surface area contributed by atoms with E-state index < -0.39 is 0 Å². The van der Waals surface area contributed by atoms with Gasteiger partial charge in [-0.2, -0.15) is 11.8 Å². The van der Waals surface area contributed by atoms with Crippen LogP contribution in [0.1, 0.15) is 16.8 Å². The molecule has 3 rings (SSSR count). The van der Waals surface area contributed by atoms with Gasteiger partial charge in [-0.1, -0.05) is 0 Å². The monoisotopic (exact) mass is 279 g/mol. The van der Waals surface area contributed by atoms with E-state index in [2.05, 4.69) is 0 Å². The molecule has 2 aliphatic heterocycles. The van der Waals surface area contributed by atoms with Crippen molar-refractivity contribution >= 4 is 17.7 Å². The number of thioether (sulfide) groups is 1. The van der Waals surface area contributed by atoms with Gasteiger partial charge in [-0.05, 0) is 18.6 Å². The molecule has 2 heterocycles. The lowest BCUT2D eigenvalue weighted by Crippen LogP contribution is -2.39. The van der Waals surface area contributed by atoms with Gasteiger partial charge in [0, 0.05) is 35.2 Å². The first-order valence-electron chi connectivity index (χ1n) is 6.37. The van der Waals surface area contributed by atoms with Gasteiger partial charge in [0.25, 0.3) is 5.91 Å². The minimum absolute atomic E-state index is 0.0880. The van der Waals surface area contributed by atoms with Crippen molar-refractivity contribution in [1.29, 1.82) is 0 Å². The molecule has 1 aromatic carbocycles. The zero-order chi connectivity index (χ0) is 13.4. The van der Waals surface area contributed by atoms with Crippen molar-refractivity contribution in [3.8, 4) is 11.5 Å². The van der Waals surface area contributed by atoms with Crippen LogP contribution in [0.5, 0.6) is 11.5 Å². The van der Waals surface area contributed by atoms with Crippen molar-refractivity contribution in [2.24, 2.45) is 0 Å². The fourth-order valence-corrected chi connectivity index (χ4v) is 4.18. The number of hydrogen-bond donors (Lipinski definition) is 0. The summed E-state index contributed by atoms with van der Waals surface area (Å²) in [5.74, 6) is 2.46. The van der Waals surface area contributed by atoms with E-state index in [0.29, 0.717) is 28.4 Å². The molecule has 0 radical (unpaired) electrons. The first kappa shape index (κ1) is 12.7. The Balaban J connectivity index is 1.87. The minimum atomic E-state index is 0.0880. The van der Waals surface area contributed by atoms with Gasteiger partial charge in [0.15, 0.2) is 0 Å². The van der Waals surface area contributed by atoms with Gasteiger partial charge in [-0.15, -0.1) is 0 Å². The lowest BCUT2D eigenvalue weighted by atomic mass is 10.1. The molecule has 2 aliphatic rings. The lowest BCUT2D eigenvalue weighted by Gasteiger charge is -2.27. The third kappa shape index (κ3) is 2.27. The van der Waals surface area contributed by atoms with E-state index in [-0.39, 0.29) is 5.91 Å². The van der Waals surface area contributed by atoms with Gasteiger partial charge in [0.2, 0.25) is 0 Å². The van der Waals surface area contributed by atoms with Crippen molar-refractivity contribution in [1.82, 2.24) is 4.90 Å². The number of nitrogens with zero attached hydrogens (tertiary/aromatic N) is 1. The molecule has 2 saturated heterocycles. The molecule has 102 valence electrons. The van der Waals surface area contributed by atoms with Crippen molar-refractivity contribution in [3.63, 3.8) is 0 Å². The van der Waals surface area contributed by atoms with Crippen molar-refractivity contribution < 1.29 is 14.3 Å². The number of amides is 1. The van der Waals surface area contributed by atoms with E-state index in [4.69, 9.17) is 9.47 Å². The quantitative estimate of drug-likeness (QED) is 0.848. The van der Waals surface area contributed by atoms with E-state index in [0.717, 1.165) is 18.7 Å². The van der Waals surface area contributed by atoms with E-state index in [1.54, 1.807) is 32.4 Å². The van der Waals surface area contributed by atoms with E-state index in [1.165, 1.54) is 0 Å². The fraction of sp³-hybridized carbons (Fsp3) is 0.500. The highest BCUT2D eigenvalue weighted by atomic mass is 32.2. The largest absolute Gasteiger partial charge is 0.497 e. The number of benzene rings is 1. The number of ether oxygens (including phenoxy) is 2. The summed E-state index contributed by atoms with van der Waals surface area (Å²) in [7, 11) is 3.19. The van der Waals surface area contributed by atoms with Crippen molar-refractivity contribution in [3.05, 3.63) is 23.8 Å². The van der Waals surface area contributed by atoms with Crippen LogP contribution in [-0.4, -0.2) is 48.6 Å². The molecule has 0 saturated carbocycles. The summed E-state index contributed by atoms with van der Waals surface area (Å²) < 4.78 is 10.4. The zero-order valence-electron chi connectivity index (χ0n) is 11.1. The second kappa shape index (κ2) is 4.96. The molecule has 5 heteroatoms. The molecule has 2 atom stereocenters. The predicted octanol–water partition coefficient (Wildman–Crippen LogP) is 2.03. The van der Waals surface area contributed by atoms with E-state index in [9.17, 15) is 4.79 Å². The highest BCUT2D eigenvalue weighted by Crippen LogP contribution is 2.38. The Labute approximate surface area is 117 Å². The maximum absolute atomic E-state index is 12.6. The van der Waals surface area contributed by atoms with Crippen molar-refractivity contribution in [2.45, 2.75) is 17.7 Å². The van der Waals surface area contributed by atoms with Crippen LogP contribution in [0, 0.1) is 0 Å². The Morgan fingerprint density at radius 2 is 1.95 bits per heavy atom. The Bertz CT molecular complexity index is 483. The first-order valence-corrected chi connectivity index (χ1v) is 7.42. The number of carbonyl (C=O) groups is 1. The molecule has 2 unspecified atom stereocenters. The molecule has 0 aromatic heterocycles. The molecule has 2 bridgehead atoms. The Kier molecular flexibility index (Phi) is 3.31. The van der Waals surface area contributed by atoms with Crippen LogP contribution in [0.15, 0.2) is 18.2 Å². The summed E-state index contributed by atoms with van der Waals surface area (Å²) in [6, 6.07) is 5.75. The standard InChI is InChI=1S/C14H17NO3S/c1-17-11-3-9(4-12(6-11)18-2)14(16)15-7-13-5-10(15)8-19-13/h3-4,6,10,13H,5,7-8H2,1-2H3. The Morgan fingerprint density at radius 3 is 2.42 bits per heavy atom. The topological polar surface area (TPSA) is 38.8 Å². The van der Waals surface area contributed by atoms with Crippen LogP contribution >= 0.6 is 11.8 Å². The molecule has 0 aliphatic carbocycles. The summed E-state index contributed by atoms with van der Waals surface area (Å²) >= 11 is 1.98. The molecule has 0 N–H and O–H groups in total. The number of fused-ring (bicyclic) bond motifs is 2. The number of likely N-dealkylation sites (tertiary alicyclic amines) is 1. The van der Waals surface area contributed by atoms with Gasteiger partial charge in [0.1, 0.15) is 11.5 Å². The molecule has 1 aromatic rings. The molecule has 4 nitrogen and oxygen atoms in total. The number of carbonyl (C=O) groups excluding carboxylic acids is 1. The summed E-state index contributed by atoms with van der Waals surface area (Å²) in [5, 5.41) is 0.626. The highest BCUT2D eigenvalue weighted by Gasteiger charge is 2.41. The number of methoxy groups -OCH3 is 2. The summed E-state index contributed by atoms with van der Waals surface area (Å²) in [6.45, 7) is 0.869. The van der Waals surface area contributed by atoms with Crippen LogP contribution in [0.25, 0.3) is 0 Å². The third-order valence-electron chi connectivity index (χ3n) is 3.76. The maximum atomic E-state index is 12.6. The van der Waals surface area contributed by atoms with E-state index in [1.807, 2.05) is 16.7 Å². The SMILES string of the molecule is COc1cc(OC)cc(C(=O)N2CC3CC2CS3)c1. The van der Waals surface area contributed by atoms with Crippen molar-refractivity contribution in [2.75, 3.05) is 26.5 Å². The van der Waals surface area contributed by atoms with Gasteiger partial charge >= 0.3 is 0 Å². The van der Waals surface area contributed by atoms with Crippen LogP contribution in [0.4, 0.5) is 0 Å². The molecule has 0 spiro atoms. The minimum Gasteiger partial charge on any atom is -0.497 e. The number of rotatable bonds is 3.